The molecule has 2 aromatic rings. The molecule has 0 atom stereocenters. The van der Waals surface area contributed by atoms with Crippen molar-refractivity contribution < 1.29 is 0 Å². The van der Waals surface area contributed by atoms with Gasteiger partial charge in [-0.05, 0) is 11.1 Å². The van der Waals surface area contributed by atoms with Crippen LogP contribution >= 0.6 is 11.8 Å². The Bertz CT molecular complexity index is 745. The Balaban J connectivity index is 1.61. The molecule has 0 radical (unpaired) electrons. The molecule has 0 amide bonds. The van der Waals surface area contributed by atoms with E-state index in [1.165, 1.54) is 11.1 Å². The van der Waals surface area contributed by atoms with Gasteiger partial charge in [-0.15, -0.1) is 0 Å². The Morgan fingerprint density at radius 3 is 2.04 bits per heavy atom. The average Bonchev–Trinajstić information content (AvgIpc) is 2.77. The Morgan fingerprint density at radius 1 is 0.778 bits per heavy atom. The van der Waals surface area contributed by atoms with Gasteiger partial charge in [-0.3, -0.25) is 20.8 Å². The number of benzene rings is 2. The molecule has 1 heterocycles. The smallest absolute Gasteiger partial charge is 0.177 e. The number of hydrazone groups is 2. The molecule has 1 aliphatic heterocycles. The largest absolute Gasteiger partial charge is 0.266 e. The lowest BCUT2D eigenvalue weighted by molar-refractivity contribution is 0.943. The maximum atomic E-state index is 4.65. The minimum Gasteiger partial charge on any atom is -0.266 e. The van der Waals surface area contributed by atoms with Crippen LogP contribution in [-0.2, 0) is 13.1 Å². The van der Waals surface area contributed by atoms with E-state index < -0.39 is 0 Å². The highest BCUT2D eigenvalue weighted by Gasteiger charge is 2.04. The van der Waals surface area contributed by atoms with Crippen molar-refractivity contribution in [1.29, 1.82) is 0 Å². The lowest BCUT2D eigenvalue weighted by Crippen LogP contribution is -2.20. The highest BCUT2D eigenvalue weighted by molar-refractivity contribution is 8.13. The van der Waals surface area contributed by atoms with Crippen molar-refractivity contribution in [1.82, 2.24) is 10.9 Å². The van der Waals surface area contributed by atoms with Gasteiger partial charge in [0, 0.05) is 12.2 Å². The molecule has 1 aliphatic rings. The third-order valence-corrected chi connectivity index (χ3v) is 4.59. The summed E-state index contributed by atoms with van der Waals surface area (Å²) in [4.78, 5) is 9.28. The van der Waals surface area contributed by atoms with E-state index >= 15 is 0 Å². The quantitative estimate of drug-likeness (QED) is 0.856. The van der Waals surface area contributed by atoms with Crippen LogP contribution in [0.4, 0.5) is 0 Å². The van der Waals surface area contributed by atoms with E-state index in [4.69, 9.17) is 0 Å². The molecule has 3 rings (SSSR count). The molecular formula is C20H22N6S. The van der Waals surface area contributed by atoms with Crippen LogP contribution in [0, 0.1) is 0 Å². The van der Waals surface area contributed by atoms with Gasteiger partial charge < -0.3 is 0 Å². The number of hydrogen-bond acceptors (Lipinski definition) is 5. The molecule has 27 heavy (non-hydrogen) atoms. The minimum absolute atomic E-state index is 0.618. The Kier molecular flexibility index (Phi) is 7.63. The van der Waals surface area contributed by atoms with Crippen molar-refractivity contribution in [2.45, 2.75) is 19.5 Å². The maximum absolute atomic E-state index is 4.65. The second-order valence-corrected chi connectivity index (χ2v) is 6.82. The summed E-state index contributed by atoms with van der Waals surface area (Å²) in [5, 5.41) is 9.06. The highest BCUT2D eigenvalue weighted by atomic mass is 32.2. The van der Waals surface area contributed by atoms with Gasteiger partial charge in [0.1, 0.15) is 5.84 Å². The normalized spacial score (nSPS) is 17.9. The molecule has 0 aliphatic carbocycles. The summed E-state index contributed by atoms with van der Waals surface area (Å²) < 4.78 is 0. The predicted octanol–water partition coefficient (Wildman–Crippen LogP) is 3.43. The SMILES string of the molecule is C1=NNC(=NCc2ccccc2)CCSC(=NCc2ccccc2)NN=C1. The second kappa shape index (κ2) is 10.9. The van der Waals surface area contributed by atoms with Crippen LogP contribution in [0.25, 0.3) is 0 Å². The molecule has 7 heteroatoms. The van der Waals surface area contributed by atoms with Gasteiger partial charge in [0.15, 0.2) is 5.17 Å². The van der Waals surface area contributed by atoms with Crippen molar-refractivity contribution >= 4 is 35.2 Å². The van der Waals surface area contributed by atoms with Crippen LogP contribution in [0.15, 0.2) is 80.9 Å². The van der Waals surface area contributed by atoms with Crippen molar-refractivity contribution in [3.8, 4) is 0 Å². The van der Waals surface area contributed by atoms with Gasteiger partial charge in [-0.1, -0.05) is 72.4 Å². The summed E-state index contributed by atoms with van der Waals surface area (Å²) in [6, 6.07) is 20.3. The molecule has 0 saturated carbocycles. The Morgan fingerprint density at radius 2 is 1.37 bits per heavy atom. The number of thioether (sulfide) groups is 1. The van der Waals surface area contributed by atoms with Crippen molar-refractivity contribution in [2.24, 2.45) is 20.2 Å². The summed E-state index contributed by atoms with van der Waals surface area (Å²) in [6.07, 6.45) is 3.95. The Labute approximate surface area is 163 Å². The number of nitrogens with zero attached hydrogens (tertiary/aromatic N) is 4. The fraction of sp³-hybridized carbons (Fsp3) is 0.200. The van der Waals surface area contributed by atoms with Crippen molar-refractivity contribution in [2.75, 3.05) is 5.75 Å². The maximum Gasteiger partial charge on any atom is 0.177 e. The number of amidine groups is 2. The topological polar surface area (TPSA) is 73.5 Å². The van der Waals surface area contributed by atoms with Crippen LogP contribution in [-0.4, -0.2) is 29.2 Å². The third kappa shape index (κ3) is 7.07. The van der Waals surface area contributed by atoms with E-state index in [2.05, 4.69) is 55.3 Å². The zero-order chi connectivity index (χ0) is 18.6. The molecule has 138 valence electrons. The number of aliphatic imine (C=N–C) groups is 2. The van der Waals surface area contributed by atoms with Gasteiger partial charge in [-0.2, -0.15) is 10.2 Å². The van der Waals surface area contributed by atoms with E-state index in [0.717, 1.165) is 23.2 Å². The minimum atomic E-state index is 0.618. The van der Waals surface area contributed by atoms with E-state index in [9.17, 15) is 0 Å². The number of nitrogens with one attached hydrogen (secondary N) is 2. The average molecular weight is 379 g/mol. The fourth-order valence-corrected chi connectivity index (χ4v) is 3.08. The highest BCUT2D eigenvalue weighted by Crippen LogP contribution is 2.09. The van der Waals surface area contributed by atoms with Gasteiger partial charge in [0.05, 0.1) is 25.5 Å². The molecular weight excluding hydrogens is 356 g/mol. The molecule has 0 saturated heterocycles. The van der Waals surface area contributed by atoms with Crippen LogP contribution in [0.1, 0.15) is 17.5 Å². The molecule has 0 bridgehead atoms. The van der Waals surface area contributed by atoms with Gasteiger partial charge >= 0.3 is 0 Å². The molecule has 0 unspecified atom stereocenters. The first-order valence-corrected chi connectivity index (χ1v) is 9.74. The molecule has 2 aromatic carbocycles. The summed E-state index contributed by atoms with van der Waals surface area (Å²) >= 11 is 1.62. The van der Waals surface area contributed by atoms with Gasteiger partial charge in [-0.25, -0.2) is 0 Å². The fourth-order valence-electron chi connectivity index (χ4n) is 2.32. The zero-order valence-electron chi connectivity index (χ0n) is 15.0. The Hall–Kier alpha value is -2.93. The molecule has 6 nitrogen and oxygen atoms in total. The van der Waals surface area contributed by atoms with E-state index in [1.54, 1.807) is 24.2 Å². The standard InChI is InChI=1S/C20H22N6S/c1-3-7-17(8-4-1)15-21-19-11-14-27-20(26-24-13-12-23-25-19)22-16-18-9-5-2-6-10-18/h1-10,12-13H,11,14-16H2,(H,21,25)(H,22,26). The molecule has 0 aromatic heterocycles. The van der Waals surface area contributed by atoms with Crippen LogP contribution < -0.4 is 10.9 Å². The second-order valence-electron chi connectivity index (χ2n) is 5.73. The monoisotopic (exact) mass is 378 g/mol. The summed E-state index contributed by atoms with van der Waals surface area (Å²) in [5.41, 5.74) is 8.33. The summed E-state index contributed by atoms with van der Waals surface area (Å²) in [7, 11) is 0. The van der Waals surface area contributed by atoms with Gasteiger partial charge in [0.2, 0.25) is 0 Å². The van der Waals surface area contributed by atoms with E-state index in [-0.39, 0.29) is 0 Å². The first-order chi connectivity index (χ1) is 13.4. The first-order valence-electron chi connectivity index (χ1n) is 8.75. The third-order valence-electron chi connectivity index (χ3n) is 3.69. The van der Waals surface area contributed by atoms with Crippen molar-refractivity contribution in [3.05, 3.63) is 71.8 Å². The van der Waals surface area contributed by atoms with E-state index in [1.807, 2.05) is 36.4 Å². The van der Waals surface area contributed by atoms with E-state index in [0.29, 0.717) is 13.1 Å². The lowest BCUT2D eigenvalue weighted by atomic mass is 10.2. The lowest BCUT2D eigenvalue weighted by Gasteiger charge is -2.07. The summed E-state index contributed by atoms with van der Waals surface area (Å²) in [6.45, 7) is 1.25. The van der Waals surface area contributed by atoms with Gasteiger partial charge in [0.25, 0.3) is 0 Å². The van der Waals surface area contributed by atoms with Crippen LogP contribution in [0.5, 0.6) is 0 Å². The summed E-state index contributed by atoms with van der Waals surface area (Å²) in [5.74, 6) is 1.67. The number of rotatable bonds is 4. The number of hydrogen-bond donors (Lipinski definition) is 2. The predicted molar refractivity (Wildman–Crippen MR) is 115 cm³/mol. The molecule has 0 spiro atoms. The molecule has 2 N–H and O–H groups in total. The first kappa shape index (κ1) is 18.8. The zero-order valence-corrected chi connectivity index (χ0v) is 15.8. The van der Waals surface area contributed by atoms with Crippen LogP contribution in [0.3, 0.4) is 0 Å². The van der Waals surface area contributed by atoms with Crippen LogP contribution in [0.2, 0.25) is 0 Å². The van der Waals surface area contributed by atoms with Crippen molar-refractivity contribution in [3.63, 3.8) is 0 Å². The molecule has 0 fully saturated rings.